The van der Waals surface area contributed by atoms with Crippen molar-refractivity contribution in [2.75, 3.05) is 32.9 Å². The number of aryl methyl sites for hydroxylation is 1. The van der Waals surface area contributed by atoms with Crippen LogP contribution >= 0.6 is 0 Å². The summed E-state index contributed by atoms with van der Waals surface area (Å²) in [6, 6.07) is 14.8. The van der Waals surface area contributed by atoms with Crippen LogP contribution in [0.25, 0.3) is 11.0 Å². The second-order valence-corrected chi connectivity index (χ2v) is 7.63. The summed E-state index contributed by atoms with van der Waals surface area (Å²) in [4.78, 5) is 26.3. The molecule has 2 heterocycles. The number of hydrogen-bond acceptors (Lipinski definition) is 6. The third kappa shape index (κ3) is 5.51. The lowest BCUT2D eigenvalue weighted by atomic mass is 10.1. The van der Waals surface area contributed by atoms with Gasteiger partial charge in [-0.2, -0.15) is 0 Å². The van der Waals surface area contributed by atoms with E-state index in [0.717, 1.165) is 49.4 Å². The highest BCUT2D eigenvalue weighted by molar-refractivity contribution is 5.81. The molecule has 7 heteroatoms. The smallest absolute Gasteiger partial charge is 0.336 e. The van der Waals surface area contributed by atoms with Gasteiger partial charge in [0.2, 0.25) is 0 Å². The van der Waals surface area contributed by atoms with Gasteiger partial charge in [0.1, 0.15) is 11.3 Å². The number of rotatable bonds is 7. The van der Waals surface area contributed by atoms with Gasteiger partial charge in [0.25, 0.3) is 5.91 Å². The molecule has 1 amide bonds. The first-order valence-corrected chi connectivity index (χ1v) is 10.4. The third-order valence-electron chi connectivity index (χ3n) is 5.38. The predicted octanol–water partition coefficient (Wildman–Crippen LogP) is 2.63. The summed E-state index contributed by atoms with van der Waals surface area (Å²) in [7, 11) is 0. The lowest BCUT2D eigenvalue weighted by molar-refractivity contribution is -0.123. The number of nitrogens with zero attached hydrogens (tertiary/aromatic N) is 1. The summed E-state index contributed by atoms with van der Waals surface area (Å²) in [5.41, 5.74) is 3.16. The Morgan fingerprint density at radius 1 is 1.10 bits per heavy atom. The van der Waals surface area contributed by atoms with Crippen LogP contribution in [0.3, 0.4) is 0 Å². The van der Waals surface area contributed by atoms with Gasteiger partial charge in [-0.05, 0) is 35.7 Å². The molecule has 1 fully saturated rings. The molecule has 2 aromatic carbocycles. The van der Waals surface area contributed by atoms with Crippen LogP contribution in [0.4, 0.5) is 0 Å². The van der Waals surface area contributed by atoms with E-state index in [9.17, 15) is 9.59 Å². The van der Waals surface area contributed by atoms with E-state index in [1.807, 2.05) is 31.2 Å². The molecule has 0 saturated carbocycles. The standard InChI is InChI=1S/C24H26N2O5/c1-17-12-24(28)31-22-13-20(6-7-21(17)22)30-16-23(27)25-14-18-4-2-3-5-19(18)15-26-8-10-29-11-9-26/h2-7,12-13H,8-11,14-16H2,1H3,(H,25,27). The lowest BCUT2D eigenvalue weighted by Crippen LogP contribution is -2.36. The SMILES string of the molecule is Cc1cc(=O)oc2cc(OCC(=O)NCc3ccccc3CN3CCOCC3)ccc12. The van der Waals surface area contributed by atoms with Crippen LogP contribution in [0.1, 0.15) is 16.7 Å². The Bertz CT molecular complexity index is 1120. The fourth-order valence-corrected chi connectivity index (χ4v) is 3.67. The van der Waals surface area contributed by atoms with Crippen LogP contribution in [0, 0.1) is 6.92 Å². The first-order valence-electron chi connectivity index (χ1n) is 10.4. The van der Waals surface area contributed by atoms with E-state index in [1.165, 1.54) is 11.6 Å². The lowest BCUT2D eigenvalue weighted by Gasteiger charge is -2.27. The Kier molecular flexibility index (Phi) is 6.64. The largest absolute Gasteiger partial charge is 0.484 e. The molecule has 4 rings (SSSR count). The number of fused-ring (bicyclic) bond motifs is 1. The summed E-state index contributed by atoms with van der Waals surface area (Å²) in [5.74, 6) is 0.260. The molecular formula is C24H26N2O5. The molecule has 0 radical (unpaired) electrons. The average molecular weight is 422 g/mol. The monoisotopic (exact) mass is 422 g/mol. The number of ether oxygens (including phenoxy) is 2. The maximum absolute atomic E-state index is 12.3. The van der Waals surface area contributed by atoms with Gasteiger partial charge in [0.05, 0.1) is 13.2 Å². The summed E-state index contributed by atoms with van der Waals surface area (Å²) in [5, 5.41) is 3.76. The van der Waals surface area contributed by atoms with Crippen LogP contribution in [0.15, 0.2) is 57.7 Å². The van der Waals surface area contributed by atoms with E-state index in [1.54, 1.807) is 12.1 Å². The molecule has 0 spiro atoms. The zero-order chi connectivity index (χ0) is 21.6. The normalized spacial score (nSPS) is 14.5. The Balaban J connectivity index is 1.33. The van der Waals surface area contributed by atoms with Crippen molar-refractivity contribution in [3.05, 3.63) is 75.6 Å². The van der Waals surface area contributed by atoms with Crippen molar-refractivity contribution in [2.24, 2.45) is 0 Å². The highest BCUT2D eigenvalue weighted by Crippen LogP contribution is 2.22. The number of amides is 1. The van der Waals surface area contributed by atoms with Gasteiger partial charge in [-0.25, -0.2) is 4.79 Å². The Labute approximate surface area is 180 Å². The molecule has 31 heavy (non-hydrogen) atoms. The number of carbonyl (C=O) groups excluding carboxylic acids is 1. The van der Waals surface area contributed by atoms with Gasteiger partial charge in [-0.1, -0.05) is 24.3 Å². The third-order valence-corrected chi connectivity index (χ3v) is 5.38. The number of nitrogens with one attached hydrogen (secondary N) is 1. The van der Waals surface area contributed by atoms with Gasteiger partial charge in [0, 0.05) is 43.7 Å². The molecule has 1 aliphatic heterocycles. The van der Waals surface area contributed by atoms with Crippen molar-refractivity contribution >= 4 is 16.9 Å². The van der Waals surface area contributed by atoms with Crippen LogP contribution in [0.5, 0.6) is 5.75 Å². The predicted molar refractivity (Wildman–Crippen MR) is 117 cm³/mol. The van der Waals surface area contributed by atoms with E-state index >= 15 is 0 Å². The average Bonchev–Trinajstić information content (AvgIpc) is 2.77. The van der Waals surface area contributed by atoms with Crippen molar-refractivity contribution in [1.82, 2.24) is 10.2 Å². The second kappa shape index (κ2) is 9.76. The molecule has 0 aliphatic carbocycles. The second-order valence-electron chi connectivity index (χ2n) is 7.63. The van der Waals surface area contributed by atoms with Gasteiger partial charge in [-0.3, -0.25) is 9.69 Å². The van der Waals surface area contributed by atoms with Gasteiger partial charge < -0.3 is 19.2 Å². The maximum Gasteiger partial charge on any atom is 0.336 e. The zero-order valence-electron chi connectivity index (χ0n) is 17.6. The zero-order valence-corrected chi connectivity index (χ0v) is 17.6. The van der Waals surface area contributed by atoms with Crippen LogP contribution in [-0.4, -0.2) is 43.7 Å². The van der Waals surface area contributed by atoms with Crippen molar-refractivity contribution < 1.29 is 18.7 Å². The molecule has 3 aromatic rings. The van der Waals surface area contributed by atoms with E-state index in [4.69, 9.17) is 13.9 Å². The molecule has 0 bridgehead atoms. The van der Waals surface area contributed by atoms with E-state index in [2.05, 4.69) is 16.3 Å². The Hall–Kier alpha value is -3.16. The Morgan fingerprint density at radius 3 is 2.68 bits per heavy atom. The first-order chi connectivity index (χ1) is 15.1. The van der Waals surface area contributed by atoms with Crippen LogP contribution < -0.4 is 15.7 Å². The first kappa shape index (κ1) is 21.1. The van der Waals surface area contributed by atoms with Crippen molar-refractivity contribution in [2.45, 2.75) is 20.0 Å². The topological polar surface area (TPSA) is 81.0 Å². The van der Waals surface area contributed by atoms with Crippen LogP contribution in [0.2, 0.25) is 0 Å². The minimum atomic E-state index is -0.407. The molecule has 7 nitrogen and oxygen atoms in total. The van der Waals surface area contributed by atoms with E-state index in [0.29, 0.717) is 17.9 Å². The van der Waals surface area contributed by atoms with Crippen molar-refractivity contribution in [3.63, 3.8) is 0 Å². The quantitative estimate of drug-likeness (QED) is 0.590. The summed E-state index contributed by atoms with van der Waals surface area (Å²) in [6.45, 7) is 6.36. The molecule has 1 saturated heterocycles. The van der Waals surface area contributed by atoms with Gasteiger partial charge in [0.15, 0.2) is 6.61 Å². The summed E-state index contributed by atoms with van der Waals surface area (Å²) < 4.78 is 16.2. The molecule has 1 N–H and O–H groups in total. The number of morpholine rings is 1. The van der Waals surface area contributed by atoms with Crippen molar-refractivity contribution in [3.8, 4) is 5.75 Å². The minimum Gasteiger partial charge on any atom is -0.484 e. The van der Waals surface area contributed by atoms with Crippen LogP contribution in [-0.2, 0) is 22.6 Å². The molecule has 0 atom stereocenters. The molecule has 1 aromatic heterocycles. The Morgan fingerprint density at radius 2 is 1.87 bits per heavy atom. The minimum absolute atomic E-state index is 0.118. The number of hydrogen-bond donors (Lipinski definition) is 1. The molecule has 0 unspecified atom stereocenters. The molecule has 162 valence electrons. The molecule has 1 aliphatic rings. The van der Waals surface area contributed by atoms with Crippen molar-refractivity contribution in [1.29, 1.82) is 0 Å². The number of carbonyl (C=O) groups is 1. The van der Waals surface area contributed by atoms with E-state index < -0.39 is 5.63 Å². The van der Waals surface area contributed by atoms with E-state index in [-0.39, 0.29) is 12.5 Å². The molecular weight excluding hydrogens is 396 g/mol. The number of benzene rings is 2. The maximum atomic E-state index is 12.3. The fraction of sp³-hybridized carbons (Fsp3) is 0.333. The van der Waals surface area contributed by atoms with Gasteiger partial charge in [-0.15, -0.1) is 0 Å². The fourth-order valence-electron chi connectivity index (χ4n) is 3.67. The summed E-state index contributed by atoms with van der Waals surface area (Å²) >= 11 is 0. The highest BCUT2D eigenvalue weighted by Gasteiger charge is 2.13. The van der Waals surface area contributed by atoms with Gasteiger partial charge >= 0.3 is 5.63 Å². The summed E-state index contributed by atoms with van der Waals surface area (Å²) in [6.07, 6.45) is 0. The highest BCUT2D eigenvalue weighted by atomic mass is 16.5.